The molecule has 0 saturated heterocycles. The predicted octanol–water partition coefficient (Wildman–Crippen LogP) is 6.53. The molecule has 0 spiro atoms. The van der Waals surface area contributed by atoms with Gasteiger partial charge in [-0.1, -0.05) is 84.1 Å². The Hall–Kier alpha value is -6.00. The van der Waals surface area contributed by atoms with Crippen molar-refractivity contribution in [1.82, 2.24) is 4.57 Å². The number of methoxy groups -OCH3 is 1. The third kappa shape index (κ3) is 5.94. The fourth-order valence-electron chi connectivity index (χ4n) is 6.15. The maximum Gasteiger partial charge on any atom is 0.338 e. The fourth-order valence-corrected chi connectivity index (χ4v) is 7.13. The lowest BCUT2D eigenvalue weighted by molar-refractivity contribution is -0.138. The van der Waals surface area contributed by atoms with Crippen molar-refractivity contribution in [2.75, 3.05) is 20.3 Å². The van der Waals surface area contributed by atoms with Crippen LogP contribution in [0.2, 0.25) is 0 Å². The number of thiazole rings is 1. The SMILES string of the molecule is CCOC(=O)C1=C(c2ccccc2)N=c2sc(=Cc3ccc(-c4ccc(C(=O)OCC)cc4)o3)c(=O)n2C1c1c(OC)ccc2ccccc12. The highest BCUT2D eigenvalue weighted by molar-refractivity contribution is 7.07. The molecule has 0 aliphatic carbocycles. The van der Waals surface area contributed by atoms with E-state index < -0.39 is 18.0 Å². The van der Waals surface area contributed by atoms with E-state index >= 15 is 0 Å². The first kappa shape index (κ1) is 32.5. The summed E-state index contributed by atoms with van der Waals surface area (Å²) in [6.07, 6.45) is 1.67. The Kier molecular flexibility index (Phi) is 9.02. The van der Waals surface area contributed by atoms with Gasteiger partial charge < -0.3 is 18.6 Å². The molecule has 50 heavy (non-hydrogen) atoms. The summed E-state index contributed by atoms with van der Waals surface area (Å²) < 4.78 is 24.7. The maximum atomic E-state index is 14.5. The molecule has 10 heteroatoms. The van der Waals surface area contributed by atoms with E-state index in [4.69, 9.17) is 23.6 Å². The van der Waals surface area contributed by atoms with Crippen LogP contribution in [0, 0.1) is 0 Å². The molecule has 0 radical (unpaired) electrons. The van der Waals surface area contributed by atoms with Crippen molar-refractivity contribution in [2.45, 2.75) is 19.9 Å². The first-order chi connectivity index (χ1) is 24.4. The summed E-state index contributed by atoms with van der Waals surface area (Å²) in [6, 6.07) is 30.6. The molecule has 0 fully saturated rings. The quantitative estimate of drug-likeness (QED) is 0.159. The highest BCUT2D eigenvalue weighted by atomic mass is 32.1. The molecule has 1 aliphatic rings. The molecule has 0 bridgehead atoms. The fraction of sp³-hybridized carbons (Fsp3) is 0.150. The number of carbonyl (C=O) groups is 2. The molecule has 7 rings (SSSR count). The standard InChI is InChI=1S/C40H32N2O7S/c1-4-47-38(44)27-17-15-25(16-18-27)30-22-20-28(49-30)23-32-37(43)42-36(33-29-14-10-9-11-24(29)19-21-31(33)46-3)34(39(45)48-5-2)35(41-40(42)50-32)26-12-7-6-8-13-26/h6-23,36H,4-5H2,1-3H3. The van der Waals surface area contributed by atoms with Gasteiger partial charge in [-0.15, -0.1) is 0 Å². The normalized spacial score (nSPS) is 14.3. The van der Waals surface area contributed by atoms with Gasteiger partial charge in [-0.05, 0) is 55.0 Å². The van der Waals surface area contributed by atoms with Gasteiger partial charge >= 0.3 is 11.9 Å². The van der Waals surface area contributed by atoms with E-state index in [-0.39, 0.29) is 17.7 Å². The Morgan fingerprint density at radius 2 is 1.56 bits per heavy atom. The Morgan fingerprint density at radius 1 is 0.840 bits per heavy atom. The van der Waals surface area contributed by atoms with Gasteiger partial charge in [-0.3, -0.25) is 9.36 Å². The van der Waals surface area contributed by atoms with Crippen molar-refractivity contribution in [2.24, 2.45) is 4.99 Å². The Morgan fingerprint density at radius 3 is 2.30 bits per heavy atom. The summed E-state index contributed by atoms with van der Waals surface area (Å²) >= 11 is 1.20. The van der Waals surface area contributed by atoms with Crippen LogP contribution in [0.3, 0.4) is 0 Å². The smallest absolute Gasteiger partial charge is 0.338 e. The number of esters is 2. The van der Waals surface area contributed by atoms with E-state index in [9.17, 15) is 14.4 Å². The van der Waals surface area contributed by atoms with Gasteiger partial charge in [0.15, 0.2) is 4.80 Å². The molecular weight excluding hydrogens is 653 g/mol. The number of rotatable bonds is 9. The Balaban J connectivity index is 1.43. The van der Waals surface area contributed by atoms with Gasteiger partial charge in [-0.25, -0.2) is 14.6 Å². The highest BCUT2D eigenvalue weighted by Crippen LogP contribution is 2.42. The molecule has 9 nitrogen and oxygen atoms in total. The zero-order chi connectivity index (χ0) is 34.8. The topological polar surface area (TPSA) is 109 Å². The minimum absolute atomic E-state index is 0.139. The van der Waals surface area contributed by atoms with Crippen molar-refractivity contribution < 1.29 is 28.2 Å². The lowest BCUT2D eigenvalue weighted by Crippen LogP contribution is -2.40. The number of benzene rings is 4. The minimum atomic E-state index is -0.922. The number of hydrogen-bond acceptors (Lipinski definition) is 9. The Bertz CT molecular complexity index is 2460. The molecule has 1 atom stereocenters. The molecule has 1 aliphatic heterocycles. The van der Waals surface area contributed by atoms with Crippen LogP contribution >= 0.6 is 11.3 Å². The monoisotopic (exact) mass is 684 g/mol. The summed E-state index contributed by atoms with van der Waals surface area (Å²) in [5.41, 5.74) is 2.87. The highest BCUT2D eigenvalue weighted by Gasteiger charge is 2.37. The van der Waals surface area contributed by atoms with Gasteiger partial charge in [0.1, 0.15) is 23.3 Å². The lowest BCUT2D eigenvalue weighted by atomic mass is 9.89. The average Bonchev–Trinajstić information content (AvgIpc) is 3.74. The molecular formula is C40H32N2O7S. The van der Waals surface area contributed by atoms with Gasteiger partial charge in [0.2, 0.25) is 0 Å². The van der Waals surface area contributed by atoms with Crippen molar-refractivity contribution in [3.63, 3.8) is 0 Å². The van der Waals surface area contributed by atoms with E-state index in [1.54, 1.807) is 68.0 Å². The minimum Gasteiger partial charge on any atom is -0.496 e. The zero-order valence-corrected chi connectivity index (χ0v) is 28.4. The Labute approximate surface area is 291 Å². The van der Waals surface area contributed by atoms with Gasteiger partial charge in [0.25, 0.3) is 5.56 Å². The number of aromatic nitrogens is 1. The second-order valence-corrected chi connectivity index (χ2v) is 12.3. The molecule has 3 heterocycles. The molecule has 0 amide bonds. The summed E-state index contributed by atoms with van der Waals surface area (Å²) in [4.78, 5) is 46.0. The molecule has 2 aromatic heterocycles. The van der Waals surface area contributed by atoms with Crippen LogP contribution < -0.4 is 19.6 Å². The van der Waals surface area contributed by atoms with Crippen LogP contribution in [0.25, 0.3) is 33.9 Å². The number of ether oxygens (including phenoxy) is 3. The second kappa shape index (κ2) is 13.9. The number of carbonyl (C=O) groups excluding carboxylic acids is 2. The number of hydrogen-bond donors (Lipinski definition) is 0. The number of furan rings is 1. The zero-order valence-electron chi connectivity index (χ0n) is 27.5. The molecule has 6 aromatic rings. The average molecular weight is 685 g/mol. The van der Waals surface area contributed by atoms with Crippen LogP contribution in [0.1, 0.15) is 47.1 Å². The molecule has 0 N–H and O–H groups in total. The first-order valence-electron chi connectivity index (χ1n) is 16.1. The van der Waals surface area contributed by atoms with Crippen LogP contribution in [0.15, 0.2) is 123 Å². The van der Waals surface area contributed by atoms with Crippen molar-refractivity contribution in [3.05, 3.63) is 151 Å². The van der Waals surface area contributed by atoms with E-state index in [1.165, 1.54) is 11.3 Å². The summed E-state index contributed by atoms with van der Waals surface area (Å²) in [7, 11) is 1.57. The summed E-state index contributed by atoms with van der Waals surface area (Å²) in [5, 5.41) is 1.75. The molecule has 1 unspecified atom stereocenters. The van der Waals surface area contributed by atoms with Gasteiger partial charge in [0.05, 0.1) is 41.7 Å². The molecule has 4 aromatic carbocycles. The third-order valence-electron chi connectivity index (χ3n) is 8.38. The number of fused-ring (bicyclic) bond motifs is 2. The van der Waals surface area contributed by atoms with E-state index in [0.29, 0.717) is 55.6 Å². The van der Waals surface area contributed by atoms with Crippen LogP contribution in [0.5, 0.6) is 5.75 Å². The van der Waals surface area contributed by atoms with Crippen molar-refractivity contribution in [3.8, 4) is 17.1 Å². The van der Waals surface area contributed by atoms with Gasteiger partial charge in [0, 0.05) is 22.8 Å². The molecule has 250 valence electrons. The third-order valence-corrected chi connectivity index (χ3v) is 9.36. The van der Waals surface area contributed by atoms with Gasteiger partial charge in [-0.2, -0.15) is 0 Å². The van der Waals surface area contributed by atoms with Crippen LogP contribution in [-0.4, -0.2) is 36.8 Å². The van der Waals surface area contributed by atoms with Crippen molar-refractivity contribution >= 4 is 45.8 Å². The second-order valence-electron chi connectivity index (χ2n) is 11.3. The largest absolute Gasteiger partial charge is 0.496 e. The number of nitrogens with zero attached hydrogens (tertiary/aromatic N) is 2. The predicted molar refractivity (Wildman–Crippen MR) is 192 cm³/mol. The van der Waals surface area contributed by atoms with Crippen molar-refractivity contribution in [1.29, 1.82) is 0 Å². The summed E-state index contributed by atoms with van der Waals surface area (Å²) in [6.45, 7) is 3.94. The lowest BCUT2D eigenvalue weighted by Gasteiger charge is -2.28. The first-order valence-corrected chi connectivity index (χ1v) is 16.9. The van der Waals surface area contributed by atoms with Crippen LogP contribution in [0.4, 0.5) is 0 Å². The van der Waals surface area contributed by atoms with Crippen LogP contribution in [-0.2, 0) is 14.3 Å². The summed E-state index contributed by atoms with van der Waals surface area (Å²) in [5.74, 6) is 0.564. The van der Waals surface area contributed by atoms with E-state index in [1.807, 2.05) is 66.7 Å². The maximum absolute atomic E-state index is 14.5. The van der Waals surface area contributed by atoms with E-state index in [0.717, 1.165) is 16.3 Å². The molecule has 0 saturated carbocycles. The van der Waals surface area contributed by atoms with E-state index in [2.05, 4.69) is 0 Å².